The van der Waals surface area contributed by atoms with Gasteiger partial charge in [-0.05, 0) is 49.3 Å². The lowest BCUT2D eigenvalue weighted by Gasteiger charge is -2.21. The summed E-state index contributed by atoms with van der Waals surface area (Å²) < 4.78 is 29.2. The highest BCUT2D eigenvalue weighted by Gasteiger charge is 2.22. The van der Waals surface area contributed by atoms with Crippen LogP contribution in [0.5, 0.6) is 0 Å². The van der Waals surface area contributed by atoms with Crippen LogP contribution in [0.4, 0.5) is 0 Å². The first-order valence-corrected chi connectivity index (χ1v) is 13.5. The average molecular weight is 429 g/mol. The average Bonchev–Trinajstić information content (AvgIpc) is 3.29. The van der Waals surface area contributed by atoms with E-state index in [9.17, 15) is 13.2 Å². The minimum Gasteiger partial charge on any atom is -0.299 e. The quantitative estimate of drug-likeness (QED) is 0.351. The molecule has 1 aromatic heterocycles. The maximum absolute atomic E-state index is 12.1. The standard InChI is InChI=1S/C18H32O4S.C4H4S/c19-18(16-10-4-1-5-11-16)14-8-3-9-15-23(20,21)22-17-12-6-2-7-13-17;1-2-4-5-3-1/h16-17H,1-15H2;1-4H. The molecule has 1 aromatic rings. The van der Waals surface area contributed by atoms with Crippen LogP contribution in [0, 0.1) is 5.92 Å². The van der Waals surface area contributed by atoms with Crippen molar-refractivity contribution in [1.82, 2.24) is 0 Å². The highest BCUT2D eigenvalue weighted by atomic mass is 32.2. The maximum Gasteiger partial charge on any atom is 0.267 e. The Kier molecular flexibility index (Phi) is 11.4. The van der Waals surface area contributed by atoms with Crippen LogP contribution in [0.25, 0.3) is 0 Å². The van der Waals surface area contributed by atoms with Gasteiger partial charge in [0.05, 0.1) is 11.9 Å². The van der Waals surface area contributed by atoms with Crippen molar-refractivity contribution in [2.45, 2.75) is 96.0 Å². The largest absolute Gasteiger partial charge is 0.299 e. The van der Waals surface area contributed by atoms with Gasteiger partial charge in [-0.3, -0.25) is 8.98 Å². The van der Waals surface area contributed by atoms with Crippen LogP contribution >= 0.6 is 11.3 Å². The number of carbonyl (C=O) groups is 1. The van der Waals surface area contributed by atoms with E-state index in [1.807, 2.05) is 22.9 Å². The fraction of sp³-hybridized carbons (Fsp3) is 0.773. The van der Waals surface area contributed by atoms with Gasteiger partial charge in [-0.25, -0.2) is 0 Å². The molecule has 0 bridgehead atoms. The van der Waals surface area contributed by atoms with E-state index in [1.165, 1.54) is 25.7 Å². The summed E-state index contributed by atoms with van der Waals surface area (Å²) in [6.45, 7) is 0. The van der Waals surface area contributed by atoms with Crippen LogP contribution in [0.2, 0.25) is 0 Å². The van der Waals surface area contributed by atoms with Gasteiger partial charge in [0.2, 0.25) is 0 Å². The third kappa shape index (κ3) is 10.2. The minimum absolute atomic E-state index is 0.0957. The normalized spacial score (nSPS) is 19.0. The third-order valence-corrected chi connectivity index (χ3v) is 7.62. The highest BCUT2D eigenvalue weighted by molar-refractivity contribution is 7.86. The number of unbranched alkanes of at least 4 members (excludes halogenated alkanes) is 2. The zero-order valence-corrected chi connectivity index (χ0v) is 18.7. The SMILES string of the molecule is O=C(CCCCCS(=O)(=O)OC1CCCCC1)C1CCCCC1.c1ccsc1. The van der Waals surface area contributed by atoms with Gasteiger partial charge in [0.25, 0.3) is 10.1 Å². The van der Waals surface area contributed by atoms with E-state index in [4.69, 9.17) is 4.18 Å². The van der Waals surface area contributed by atoms with Crippen molar-refractivity contribution in [1.29, 1.82) is 0 Å². The van der Waals surface area contributed by atoms with Crippen molar-refractivity contribution in [3.8, 4) is 0 Å². The van der Waals surface area contributed by atoms with Gasteiger partial charge in [-0.15, -0.1) is 0 Å². The van der Waals surface area contributed by atoms with Crippen molar-refractivity contribution in [2.24, 2.45) is 5.92 Å². The Hall–Kier alpha value is -0.720. The van der Waals surface area contributed by atoms with Crippen molar-refractivity contribution in [3.05, 3.63) is 22.9 Å². The van der Waals surface area contributed by atoms with Gasteiger partial charge in [0.1, 0.15) is 5.78 Å². The number of Topliss-reactive ketones (excluding diaryl/α,β-unsaturated/α-hetero) is 1. The van der Waals surface area contributed by atoms with Crippen molar-refractivity contribution < 1.29 is 17.4 Å². The van der Waals surface area contributed by atoms with E-state index in [2.05, 4.69) is 0 Å². The summed E-state index contributed by atoms with van der Waals surface area (Å²) in [4.78, 5) is 12.1. The molecule has 4 nitrogen and oxygen atoms in total. The molecule has 0 atom stereocenters. The Bertz CT molecular complexity index is 596. The van der Waals surface area contributed by atoms with Gasteiger partial charge in [-0.2, -0.15) is 19.8 Å². The number of ketones is 1. The predicted molar refractivity (Wildman–Crippen MR) is 116 cm³/mol. The van der Waals surface area contributed by atoms with Crippen LogP contribution in [0.3, 0.4) is 0 Å². The zero-order chi connectivity index (χ0) is 20.1. The lowest BCUT2D eigenvalue weighted by Crippen LogP contribution is -2.23. The molecule has 2 fully saturated rings. The van der Waals surface area contributed by atoms with Gasteiger partial charge in [-0.1, -0.05) is 57.1 Å². The lowest BCUT2D eigenvalue weighted by atomic mass is 9.84. The monoisotopic (exact) mass is 428 g/mol. The fourth-order valence-corrected chi connectivity index (χ4v) is 5.74. The zero-order valence-electron chi connectivity index (χ0n) is 17.0. The smallest absolute Gasteiger partial charge is 0.267 e. The second-order valence-corrected chi connectivity index (χ2v) is 10.6. The van der Waals surface area contributed by atoms with Crippen LogP contribution in [0.1, 0.15) is 89.9 Å². The van der Waals surface area contributed by atoms with Gasteiger partial charge in [0.15, 0.2) is 0 Å². The van der Waals surface area contributed by atoms with Crippen molar-refractivity contribution in [3.63, 3.8) is 0 Å². The van der Waals surface area contributed by atoms with Crippen molar-refractivity contribution in [2.75, 3.05) is 5.75 Å². The Morgan fingerprint density at radius 2 is 1.46 bits per heavy atom. The summed E-state index contributed by atoms with van der Waals surface area (Å²) in [6.07, 6.45) is 13.6. The lowest BCUT2D eigenvalue weighted by molar-refractivity contribution is -0.123. The second kappa shape index (κ2) is 13.5. The first-order chi connectivity index (χ1) is 13.6. The van der Waals surface area contributed by atoms with E-state index in [1.54, 1.807) is 11.3 Å². The molecule has 0 amide bonds. The van der Waals surface area contributed by atoms with Crippen LogP contribution in [-0.2, 0) is 19.1 Å². The molecule has 0 aromatic carbocycles. The summed E-state index contributed by atoms with van der Waals surface area (Å²) >= 11 is 1.71. The second-order valence-electron chi connectivity index (χ2n) is 8.02. The number of carbonyl (C=O) groups excluding carboxylic acids is 1. The number of rotatable bonds is 9. The maximum atomic E-state index is 12.1. The van der Waals surface area contributed by atoms with Gasteiger partial charge < -0.3 is 0 Å². The molecule has 1 heterocycles. The summed E-state index contributed by atoms with van der Waals surface area (Å²) in [5.74, 6) is 0.773. The number of hydrogen-bond acceptors (Lipinski definition) is 5. The highest BCUT2D eigenvalue weighted by Crippen LogP contribution is 2.26. The molecule has 6 heteroatoms. The molecule has 0 aliphatic heterocycles. The molecule has 0 unspecified atom stereocenters. The summed E-state index contributed by atoms with van der Waals surface area (Å²) in [6, 6.07) is 4.04. The van der Waals surface area contributed by atoms with Crippen LogP contribution < -0.4 is 0 Å². The van der Waals surface area contributed by atoms with Crippen LogP contribution in [-0.4, -0.2) is 26.1 Å². The predicted octanol–water partition coefficient (Wildman–Crippen LogP) is 6.12. The van der Waals surface area contributed by atoms with E-state index < -0.39 is 10.1 Å². The van der Waals surface area contributed by atoms with E-state index in [0.29, 0.717) is 18.6 Å². The Morgan fingerprint density at radius 1 is 0.857 bits per heavy atom. The van der Waals surface area contributed by atoms with Gasteiger partial charge >= 0.3 is 0 Å². The topological polar surface area (TPSA) is 60.4 Å². The Morgan fingerprint density at radius 3 is 2.04 bits per heavy atom. The summed E-state index contributed by atoms with van der Waals surface area (Å²) in [5.41, 5.74) is 0. The Labute approximate surface area is 175 Å². The number of thiophene rings is 1. The molecule has 0 saturated heterocycles. The molecule has 2 saturated carbocycles. The van der Waals surface area contributed by atoms with E-state index in [-0.39, 0.29) is 17.8 Å². The van der Waals surface area contributed by atoms with E-state index in [0.717, 1.165) is 51.4 Å². The van der Waals surface area contributed by atoms with Gasteiger partial charge in [0, 0.05) is 12.3 Å². The summed E-state index contributed by atoms with van der Waals surface area (Å²) in [5, 5.41) is 4.08. The first kappa shape index (κ1) is 23.6. The molecule has 0 spiro atoms. The third-order valence-electron chi connectivity index (χ3n) is 5.64. The first-order valence-electron chi connectivity index (χ1n) is 11.0. The molecule has 0 N–H and O–H groups in total. The van der Waals surface area contributed by atoms with E-state index >= 15 is 0 Å². The fourth-order valence-electron chi connectivity index (χ4n) is 4.03. The summed E-state index contributed by atoms with van der Waals surface area (Å²) in [7, 11) is -3.39. The molecular formula is C22H36O4S2. The molecule has 160 valence electrons. The Balaban J connectivity index is 0.000000485. The molecule has 0 radical (unpaired) electrons. The molecule has 28 heavy (non-hydrogen) atoms. The number of hydrogen-bond donors (Lipinski definition) is 0. The minimum atomic E-state index is -3.39. The molecular weight excluding hydrogens is 392 g/mol. The molecule has 2 aliphatic carbocycles. The molecule has 2 aliphatic rings. The van der Waals surface area contributed by atoms with Crippen molar-refractivity contribution >= 4 is 27.2 Å². The molecule has 3 rings (SSSR count). The van der Waals surface area contributed by atoms with Crippen LogP contribution in [0.15, 0.2) is 22.9 Å².